The standard InChI is InChI=1S/C17H26BrN3/c18-15-4-3-5-16(14-15)19-8-9-20-10-12-21(13-11-20)17-6-1-2-7-17/h3-5,14,17,19H,1-2,6-13H2. The first-order valence-electron chi connectivity index (χ1n) is 8.27. The number of piperazine rings is 1. The summed E-state index contributed by atoms with van der Waals surface area (Å²) in [5, 5.41) is 3.51. The lowest BCUT2D eigenvalue weighted by Gasteiger charge is -2.38. The average Bonchev–Trinajstić information content (AvgIpc) is 3.02. The van der Waals surface area contributed by atoms with Crippen LogP contribution in [0, 0.1) is 0 Å². The molecule has 1 N–H and O–H groups in total. The SMILES string of the molecule is Brc1cccc(NCCN2CCN(C3CCCC3)CC2)c1. The van der Waals surface area contributed by atoms with Crippen molar-refractivity contribution in [1.29, 1.82) is 0 Å². The van der Waals surface area contributed by atoms with Gasteiger partial charge in [-0.25, -0.2) is 0 Å². The van der Waals surface area contributed by atoms with E-state index in [0.29, 0.717) is 0 Å². The van der Waals surface area contributed by atoms with E-state index in [1.165, 1.54) is 57.5 Å². The van der Waals surface area contributed by atoms with Gasteiger partial charge < -0.3 is 5.32 Å². The van der Waals surface area contributed by atoms with E-state index in [2.05, 4.69) is 55.3 Å². The molecule has 1 saturated heterocycles. The lowest BCUT2D eigenvalue weighted by atomic mass is 10.2. The molecule has 1 aromatic carbocycles. The van der Waals surface area contributed by atoms with E-state index in [9.17, 15) is 0 Å². The van der Waals surface area contributed by atoms with Crippen molar-refractivity contribution in [3.8, 4) is 0 Å². The second kappa shape index (κ2) is 7.61. The van der Waals surface area contributed by atoms with Crippen LogP contribution >= 0.6 is 15.9 Å². The van der Waals surface area contributed by atoms with Crippen LogP contribution in [0.3, 0.4) is 0 Å². The molecule has 1 aliphatic heterocycles. The summed E-state index contributed by atoms with van der Waals surface area (Å²) in [4.78, 5) is 5.32. The van der Waals surface area contributed by atoms with Crippen LogP contribution in [0.2, 0.25) is 0 Å². The van der Waals surface area contributed by atoms with Gasteiger partial charge in [0.2, 0.25) is 0 Å². The third-order valence-corrected chi connectivity index (χ3v) is 5.32. The highest BCUT2D eigenvalue weighted by Crippen LogP contribution is 2.24. The van der Waals surface area contributed by atoms with Crippen molar-refractivity contribution in [2.24, 2.45) is 0 Å². The Bertz CT molecular complexity index is 437. The summed E-state index contributed by atoms with van der Waals surface area (Å²) in [5.41, 5.74) is 1.20. The normalized spacial score (nSPS) is 21.8. The first-order chi connectivity index (χ1) is 10.3. The van der Waals surface area contributed by atoms with Crippen molar-refractivity contribution in [3.05, 3.63) is 28.7 Å². The van der Waals surface area contributed by atoms with Gasteiger partial charge in [-0.2, -0.15) is 0 Å². The Morgan fingerprint density at radius 1 is 1.10 bits per heavy atom. The van der Waals surface area contributed by atoms with Crippen LogP contribution in [0.25, 0.3) is 0 Å². The predicted molar refractivity (Wildman–Crippen MR) is 92.9 cm³/mol. The zero-order valence-electron chi connectivity index (χ0n) is 12.7. The third kappa shape index (κ3) is 4.44. The fourth-order valence-corrected chi connectivity index (χ4v) is 3.98. The number of halogens is 1. The lowest BCUT2D eigenvalue weighted by Crippen LogP contribution is -2.50. The van der Waals surface area contributed by atoms with E-state index in [-0.39, 0.29) is 0 Å². The first-order valence-corrected chi connectivity index (χ1v) is 9.06. The minimum absolute atomic E-state index is 0.895. The maximum absolute atomic E-state index is 3.51. The van der Waals surface area contributed by atoms with Gasteiger partial charge in [0.1, 0.15) is 0 Å². The molecule has 2 fully saturated rings. The molecule has 0 spiro atoms. The van der Waals surface area contributed by atoms with Crippen LogP contribution in [0.1, 0.15) is 25.7 Å². The van der Waals surface area contributed by atoms with Crippen molar-refractivity contribution in [2.75, 3.05) is 44.6 Å². The Morgan fingerprint density at radius 3 is 2.57 bits per heavy atom. The molecule has 0 radical (unpaired) electrons. The lowest BCUT2D eigenvalue weighted by molar-refractivity contribution is 0.100. The van der Waals surface area contributed by atoms with Crippen molar-refractivity contribution in [3.63, 3.8) is 0 Å². The fraction of sp³-hybridized carbons (Fsp3) is 0.647. The zero-order chi connectivity index (χ0) is 14.5. The number of rotatable bonds is 5. The number of benzene rings is 1. The molecule has 3 rings (SSSR count). The predicted octanol–water partition coefficient (Wildman–Crippen LogP) is 3.42. The number of nitrogens with zero attached hydrogens (tertiary/aromatic N) is 2. The van der Waals surface area contributed by atoms with Gasteiger partial charge in [0.15, 0.2) is 0 Å². The molecule has 1 heterocycles. The number of hydrogen-bond acceptors (Lipinski definition) is 3. The minimum atomic E-state index is 0.895. The fourth-order valence-electron chi connectivity index (χ4n) is 3.58. The van der Waals surface area contributed by atoms with Crippen LogP contribution in [0.4, 0.5) is 5.69 Å². The Labute approximate surface area is 136 Å². The van der Waals surface area contributed by atoms with Crippen LogP contribution in [0.15, 0.2) is 28.7 Å². The van der Waals surface area contributed by atoms with E-state index in [0.717, 1.165) is 23.6 Å². The van der Waals surface area contributed by atoms with E-state index in [1.54, 1.807) is 0 Å². The molecule has 0 bridgehead atoms. The van der Waals surface area contributed by atoms with Crippen molar-refractivity contribution in [2.45, 2.75) is 31.7 Å². The van der Waals surface area contributed by atoms with E-state index >= 15 is 0 Å². The van der Waals surface area contributed by atoms with E-state index in [1.807, 2.05) is 0 Å². The van der Waals surface area contributed by atoms with Gasteiger partial charge in [-0.05, 0) is 31.0 Å². The van der Waals surface area contributed by atoms with Crippen molar-refractivity contribution in [1.82, 2.24) is 9.80 Å². The quantitative estimate of drug-likeness (QED) is 0.876. The summed E-state index contributed by atoms with van der Waals surface area (Å²) in [5.74, 6) is 0. The first kappa shape index (κ1) is 15.3. The Morgan fingerprint density at radius 2 is 1.86 bits per heavy atom. The van der Waals surface area contributed by atoms with Gasteiger partial charge in [-0.15, -0.1) is 0 Å². The van der Waals surface area contributed by atoms with E-state index in [4.69, 9.17) is 0 Å². The molecule has 4 heteroatoms. The Kier molecular flexibility index (Phi) is 5.55. The molecular formula is C17H26BrN3. The van der Waals surface area contributed by atoms with Gasteiger partial charge in [0.05, 0.1) is 0 Å². The summed E-state index contributed by atoms with van der Waals surface area (Å²) in [6.45, 7) is 7.17. The molecular weight excluding hydrogens is 326 g/mol. The van der Waals surface area contributed by atoms with Crippen molar-refractivity contribution < 1.29 is 0 Å². The second-order valence-corrected chi connectivity index (χ2v) is 7.17. The maximum Gasteiger partial charge on any atom is 0.0351 e. The summed E-state index contributed by atoms with van der Waals surface area (Å²) >= 11 is 3.51. The third-order valence-electron chi connectivity index (χ3n) is 4.83. The number of nitrogens with one attached hydrogen (secondary N) is 1. The summed E-state index contributed by atoms with van der Waals surface area (Å²) in [7, 11) is 0. The molecule has 0 unspecified atom stereocenters. The van der Waals surface area contributed by atoms with Crippen LogP contribution in [0.5, 0.6) is 0 Å². The molecule has 0 amide bonds. The molecule has 116 valence electrons. The Hall–Kier alpha value is -0.580. The smallest absolute Gasteiger partial charge is 0.0351 e. The molecule has 1 aliphatic carbocycles. The molecule has 1 aromatic rings. The summed E-state index contributed by atoms with van der Waals surface area (Å²) in [6.07, 6.45) is 5.76. The molecule has 2 aliphatic rings. The molecule has 1 saturated carbocycles. The van der Waals surface area contributed by atoms with Gasteiger partial charge in [0.25, 0.3) is 0 Å². The van der Waals surface area contributed by atoms with Gasteiger partial charge in [-0.3, -0.25) is 9.80 Å². The van der Waals surface area contributed by atoms with Gasteiger partial charge in [-0.1, -0.05) is 34.8 Å². The highest BCUT2D eigenvalue weighted by Gasteiger charge is 2.25. The molecule has 21 heavy (non-hydrogen) atoms. The second-order valence-electron chi connectivity index (χ2n) is 6.25. The highest BCUT2D eigenvalue weighted by atomic mass is 79.9. The largest absolute Gasteiger partial charge is 0.384 e. The number of hydrogen-bond donors (Lipinski definition) is 1. The minimum Gasteiger partial charge on any atom is -0.384 e. The van der Waals surface area contributed by atoms with Gasteiger partial charge >= 0.3 is 0 Å². The van der Waals surface area contributed by atoms with Gasteiger partial charge in [0, 0.05) is 55.5 Å². The number of anilines is 1. The summed E-state index contributed by atoms with van der Waals surface area (Å²) < 4.78 is 1.14. The molecule has 0 atom stereocenters. The van der Waals surface area contributed by atoms with Crippen LogP contribution in [-0.2, 0) is 0 Å². The zero-order valence-corrected chi connectivity index (χ0v) is 14.3. The molecule has 3 nitrogen and oxygen atoms in total. The Balaban J connectivity index is 1.35. The van der Waals surface area contributed by atoms with Crippen molar-refractivity contribution >= 4 is 21.6 Å². The topological polar surface area (TPSA) is 18.5 Å². The molecule has 0 aromatic heterocycles. The average molecular weight is 352 g/mol. The van der Waals surface area contributed by atoms with Crippen LogP contribution < -0.4 is 5.32 Å². The monoisotopic (exact) mass is 351 g/mol. The summed E-state index contributed by atoms with van der Waals surface area (Å²) in [6, 6.07) is 9.30. The van der Waals surface area contributed by atoms with Crippen LogP contribution in [-0.4, -0.2) is 55.1 Å². The highest BCUT2D eigenvalue weighted by molar-refractivity contribution is 9.10. The maximum atomic E-state index is 3.51. The van der Waals surface area contributed by atoms with E-state index < -0.39 is 0 Å².